The molecule has 0 saturated carbocycles. The molecule has 2 amide bonds. The Bertz CT molecular complexity index is 461. The minimum absolute atomic E-state index is 0.0706. The molecule has 0 aromatic heterocycles. The fourth-order valence-electron chi connectivity index (χ4n) is 2.25. The molecule has 5 heteroatoms. The van der Waals surface area contributed by atoms with Gasteiger partial charge in [0.05, 0.1) is 0 Å². The first-order valence-corrected chi connectivity index (χ1v) is 6.47. The number of amides is 2. The van der Waals surface area contributed by atoms with Gasteiger partial charge in [-0.3, -0.25) is 9.59 Å². The van der Waals surface area contributed by atoms with Gasteiger partial charge in [0.25, 0.3) is 0 Å². The van der Waals surface area contributed by atoms with E-state index in [1.54, 1.807) is 11.8 Å². The number of hydrogen-bond donors (Lipinski definition) is 2. The molecule has 102 valence electrons. The van der Waals surface area contributed by atoms with E-state index in [2.05, 4.69) is 5.32 Å². The van der Waals surface area contributed by atoms with Crippen molar-refractivity contribution in [2.45, 2.75) is 25.4 Å². The van der Waals surface area contributed by atoms with Crippen LogP contribution in [0.5, 0.6) is 0 Å². The summed E-state index contributed by atoms with van der Waals surface area (Å²) < 4.78 is 0. The number of rotatable bonds is 3. The second-order valence-corrected chi connectivity index (χ2v) is 4.78. The molecule has 1 heterocycles. The Morgan fingerprint density at radius 2 is 2.16 bits per heavy atom. The van der Waals surface area contributed by atoms with Gasteiger partial charge in [-0.15, -0.1) is 0 Å². The van der Waals surface area contributed by atoms with E-state index < -0.39 is 6.04 Å². The van der Waals surface area contributed by atoms with E-state index in [0.717, 1.165) is 5.56 Å². The highest BCUT2D eigenvalue weighted by Gasteiger charge is 2.29. The molecule has 5 nitrogen and oxygen atoms in total. The Kier molecular flexibility index (Phi) is 4.16. The van der Waals surface area contributed by atoms with Crippen molar-refractivity contribution in [3.8, 4) is 0 Å². The SMILES string of the molecule is C[C@@H]1C(=O)NCCN1C(=O)C[C@@H](N)c1ccccc1. The standard InChI is InChI=1S/C14H19N3O2/c1-10-14(19)16-7-8-17(10)13(18)9-12(15)11-5-3-2-4-6-11/h2-6,10,12H,7-9,15H2,1H3,(H,16,19)/t10-,12-/m1/s1. The summed E-state index contributed by atoms with van der Waals surface area (Å²) in [7, 11) is 0. The highest BCUT2D eigenvalue weighted by molar-refractivity contribution is 5.88. The highest BCUT2D eigenvalue weighted by atomic mass is 16.2. The van der Waals surface area contributed by atoms with Crippen LogP contribution in [0.3, 0.4) is 0 Å². The van der Waals surface area contributed by atoms with Crippen molar-refractivity contribution in [2.24, 2.45) is 5.73 Å². The van der Waals surface area contributed by atoms with Gasteiger partial charge in [-0.1, -0.05) is 30.3 Å². The lowest BCUT2D eigenvalue weighted by Crippen LogP contribution is -2.56. The van der Waals surface area contributed by atoms with E-state index >= 15 is 0 Å². The summed E-state index contributed by atoms with van der Waals surface area (Å²) in [5.74, 6) is -0.174. The van der Waals surface area contributed by atoms with Crippen LogP contribution in [-0.2, 0) is 9.59 Å². The van der Waals surface area contributed by atoms with Crippen LogP contribution < -0.4 is 11.1 Å². The van der Waals surface area contributed by atoms with E-state index in [4.69, 9.17) is 5.73 Å². The van der Waals surface area contributed by atoms with Crippen LogP contribution >= 0.6 is 0 Å². The first kappa shape index (κ1) is 13.5. The van der Waals surface area contributed by atoms with Crippen LogP contribution in [0.25, 0.3) is 0 Å². The Labute approximate surface area is 112 Å². The van der Waals surface area contributed by atoms with Gasteiger partial charge in [0.2, 0.25) is 11.8 Å². The molecule has 1 aliphatic rings. The average molecular weight is 261 g/mol. The molecule has 2 rings (SSSR count). The molecule has 1 saturated heterocycles. The maximum atomic E-state index is 12.2. The van der Waals surface area contributed by atoms with Gasteiger partial charge in [-0.05, 0) is 12.5 Å². The number of hydrogen-bond acceptors (Lipinski definition) is 3. The van der Waals surface area contributed by atoms with Crippen LogP contribution in [0, 0.1) is 0 Å². The fourth-order valence-corrected chi connectivity index (χ4v) is 2.25. The van der Waals surface area contributed by atoms with Gasteiger partial charge in [0.15, 0.2) is 0 Å². The summed E-state index contributed by atoms with van der Waals surface area (Å²) in [5.41, 5.74) is 6.97. The third kappa shape index (κ3) is 3.12. The lowest BCUT2D eigenvalue weighted by Gasteiger charge is -2.33. The second-order valence-electron chi connectivity index (χ2n) is 4.78. The monoisotopic (exact) mass is 261 g/mol. The van der Waals surface area contributed by atoms with Crippen LogP contribution in [0.4, 0.5) is 0 Å². The molecule has 3 N–H and O–H groups in total. The first-order valence-electron chi connectivity index (χ1n) is 6.47. The Morgan fingerprint density at radius 3 is 2.84 bits per heavy atom. The zero-order valence-corrected chi connectivity index (χ0v) is 11.0. The minimum atomic E-state index is -0.413. The Hall–Kier alpha value is -1.88. The zero-order valence-electron chi connectivity index (χ0n) is 11.0. The summed E-state index contributed by atoms with van der Waals surface area (Å²) in [5, 5.41) is 2.74. The summed E-state index contributed by atoms with van der Waals surface area (Å²) in [4.78, 5) is 25.3. The number of carbonyl (C=O) groups excluding carboxylic acids is 2. The van der Waals surface area contributed by atoms with E-state index in [1.165, 1.54) is 0 Å². The van der Waals surface area contributed by atoms with Crippen LogP contribution in [-0.4, -0.2) is 35.8 Å². The second kappa shape index (κ2) is 5.84. The molecule has 0 bridgehead atoms. The van der Waals surface area contributed by atoms with Gasteiger partial charge in [0, 0.05) is 25.6 Å². The van der Waals surface area contributed by atoms with Crippen molar-refractivity contribution >= 4 is 11.8 Å². The number of nitrogens with zero attached hydrogens (tertiary/aromatic N) is 1. The van der Waals surface area contributed by atoms with E-state index in [9.17, 15) is 9.59 Å². The molecule has 0 spiro atoms. The predicted octanol–water partition coefficient (Wildman–Crippen LogP) is 0.423. The van der Waals surface area contributed by atoms with Gasteiger partial charge < -0.3 is 16.0 Å². The smallest absolute Gasteiger partial charge is 0.242 e. The maximum absolute atomic E-state index is 12.2. The maximum Gasteiger partial charge on any atom is 0.242 e. The fraction of sp³-hybridized carbons (Fsp3) is 0.429. The van der Waals surface area contributed by atoms with Crippen molar-refractivity contribution in [1.82, 2.24) is 10.2 Å². The summed E-state index contributed by atoms with van der Waals surface area (Å²) in [6.45, 7) is 2.79. The normalized spacial score (nSPS) is 20.8. The number of nitrogens with two attached hydrogens (primary N) is 1. The third-order valence-corrected chi connectivity index (χ3v) is 3.44. The number of nitrogens with one attached hydrogen (secondary N) is 1. The van der Waals surface area contributed by atoms with Crippen molar-refractivity contribution < 1.29 is 9.59 Å². The quantitative estimate of drug-likeness (QED) is 0.828. The predicted molar refractivity (Wildman–Crippen MR) is 72.2 cm³/mol. The molecule has 1 aromatic carbocycles. The molecule has 1 fully saturated rings. The Morgan fingerprint density at radius 1 is 1.47 bits per heavy atom. The molecule has 0 aliphatic carbocycles. The molecular weight excluding hydrogens is 242 g/mol. The largest absolute Gasteiger partial charge is 0.353 e. The van der Waals surface area contributed by atoms with Crippen LogP contribution in [0.1, 0.15) is 24.9 Å². The number of carbonyl (C=O) groups is 2. The molecule has 19 heavy (non-hydrogen) atoms. The molecule has 2 atom stereocenters. The van der Waals surface area contributed by atoms with E-state index in [-0.39, 0.29) is 24.3 Å². The molecule has 1 aliphatic heterocycles. The summed E-state index contributed by atoms with van der Waals surface area (Å²) >= 11 is 0. The van der Waals surface area contributed by atoms with Crippen LogP contribution in [0.2, 0.25) is 0 Å². The molecular formula is C14H19N3O2. The molecule has 0 unspecified atom stereocenters. The van der Waals surface area contributed by atoms with Crippen LogP contribution in [0.15, 0.2) is 30.3 Å². The van der Waals surface area contributed by atoms with Gasteiger partial charge in [0.1, 0.15) is 6.04 Å². The average Bonchev–Trinajstić information content (AvgIpc) is 2.42. The topological polar surface area (TPSA) is 75.4 Å². The Balaban J connectivity index is 1.99. The van der Waals surface area contributed by atoms with Gasteiger partial charge in [-0.25, -0.2) is 0 Å². The summed E-state index contributed by atoms with van der Waals surface area (Å²) in [6.07, 6.45) is 0.224. The van der Waals surface area contributed by atoms with Crippen molar-refractivity contribution in [3.63, 3.8) is 0 Å². The third-order valence-electron chi connectivity index (χ3n) is 3.44. The number of benzene rings is 1. The lowest BCUT2D eigenvalue weighted by molar-refractivity contribution is -0.142. The van der Waals surface area contributed by atoms with Crippen molar-refractivity contribution in [3.05, 3.63) is 35.9 Å². The summed E-state index contributed by atoms with van der Waals surface area (Å²) in [6, 6.07) is 8.78. The van der Waals surface area contributed by atoms with Crippen molar-refractivity contribution in [1.29, 1.82) is 0 Å². The van der Waals surface area contributed by atoms with Gasteiger partial charge >= 0.3 is 0 Å². The first-order chi connectivity index (χ1) is 9.09. The number of piperazine rings is 1. The highest BCUT2D eigenvalue weighted by Crippen LogP contribution is 2.16. The van der Waals surface area contributed by atoms with Crippen molar-refractivity contribution in [2.75, 3.05) is 13.1 Å². The van der Waals surface area contributed by atoms with E-state index in [0.29, 0.717) is 13.1 Å². The molecule has 0 radical (unpaired) electrons. The molecule has 1 aromatic rings. The van der Waals surface area contributed by atoms with Gasteiger partial charge in [-0.2, -0.15) is 0 Å². The minimum Gasteiger partial charge on any atom is -0.353 e. The zero-order chi connectivity index (χ0) is 13.8. The van der Waals surface area contributed by atoms with E-state index in [1.807, 2.05) is 30.3 Å². The lowest BCUT2D eigenvalue weighted by atomic mass is 10.0.